The third kappa shape index (κ3) is 3.24. The number of aryl methyl sites for hydroxylation is 1. The fraction of sp³-hybridized carbons (Fsp3) is 0.176. The van der Waals surface area contributed by atoms with E-state index in [1.807, 2.05) is 37.3 Å². The lowest BCUT2D eigenvalue weighted by molar-refractivity contribution is -0.117. The number of rotatable bonds is 4. The van der Waals surface area contributed by atoms with E-state index in [2.05, 4.69) is 15.4 Å². The van der Waals surface area contributed by atoms with Crippen molar-refractivity contribution < 1.29 is 4.79 Å². The summed E-state index contributed by atoms with van der Waals surface area (Å²) in [6, 6.07) is 12.8. The zero-order valence-electron chi connectivity index (χ0n) is 13.4. The first-order valence-corrected chi connectivity index (χ1v) is 7.46. The lowest BCUT2D eigenvalue weighted by Crippen LogP contribution is -2.29. The molecular formula is C17H17N5O2. The standard InChI is InChI=1S/C17H17N5O2/c1-12-6-8-13(9-7-12)19-15(23)11-22-17(24)21(2)16(20-22)14-5-3-4-10-18-14/h3-10H,11H2,1-2H3,(H,19,23). The maximum Gasteiger partial charge on any atom is 0.346 e. The number of nitrogens with one attached hydrogen (secondary N) is 1. The van der Waals surface area contributed by atoms with Crippen LogP contribution in [-0.4, -0.2) is 25.2 Å². The van der Waals surface area contributed by atoms with Crippen LogP contribution in [-0.2, 0) is 18.4 Å². The molecule has 3 aromatic rings. The predicted molar refractivity (Wildman–Crippen MR) is 90.5 cm³/mol. The highest BCUT2D eigenvalue weighted by atomic mass is 16.2. The molecule has 0 aliphatic heterocycles. The van der Waals surface area contributed by atoms with Crippen molar-refractivity contribution in [3.05, 3.63) is 64.7 Å². The number of anilines is 1. The van der Waals surface area contributed by atoms with Gasteiger partial charge in [0.1, 0.15) is 12.2 Å². The lowest BCUT2D eigenvalue weighted by Gasteiger charge is -2.04. The van der Waals surface area contributed by atoms with Crippen LogP contribution in [0, 0.1) is 6.92 Å². The van der Waals surface area contributed by atoms with E-state index in [-0.39, 0.29) is 18.1 Å². The molecule has 0 unspecified atom stereocenters. The molecular weight excluding hydrogens is 306 g/mol. The molecule has 1 N–H and O–H groups in total. The van der Waals surface area contributed by atoms with E-state index in [1.54, 1.807) is 25.4 Å². The minimum atomic E-state index is -0.366. The van der Waals surface area contributed by atoms with Crippen molar-refractivity contribution in [1.82, 2.24) is 19.3 Å². The Kier molecular flexibility index (Phi) is 4.24. The van der Waals surface area contributed by atoms with Gasteiger partial charge >= 0.3 is 5.69 Å². The Balaban J connectivity index is 1.79. The number of nitrogens with zero attached hydrogens (tertiary/aromatic N) is 4. The number of aromatic nitrogens is 4. The van der Waals surface area contributed by atoms with Crippen LogP contribution in [0.4, 0.5) is 5.69 Å². The summed E-state index contributed by atoms with van der Waals surface area (Å²) >= 11 is 0. The maximum atomic E-state index is 12.3. The van der Waals surface area contributed by atoms with Crippen LogP contribution in [0.25, 0.3) is 11.5 Å². The summed E-state index contributed by atoms with van der Waals surface area (Å²) in [6.07, 6.45) is 1.63. The largest absolute Gasteiger partial charge is 0.346 e. The summed E-state index contributed by atoms with van der Waals surface area (Å²) in [5.74, 6) is 0.107. The van der Waals surface area contributed by atoms with Crippen molar-refractivity contribution in [3.63, 3.8) is 0 Å². The Morgan fingerprint density at radius 2 is 1.92 bits per heavy atom. The van der Waals surface area contributed by atoms with Gasteiger partial charge in [-0.15, -0.1) is 5.10 Å². The highest BCUT2D eigenvalue weighted by Crippen LogP contribution is 2.11. The first-order valence-electron chi connectivity index (χ1n) is 7.46. The molecule has 0 fully saturated rings. The molecule has 0 saturated heterocycles. The second kappa shape index (κ2) is 6.49. The number of carbonyl (C=O) groups excluding carboxylic acids is 1. The molecule has 0 spiro atoms. The fourth-order valence-corrected chi connectivity index (χ4v) is 2.28. The van der Waals surface area contributed by atoms with E-state index in [9.17, 15) is 9.59 Å². The fourth-order valence-electron chi connectivity index (χ4n) is 2.28. The molecule has 0 atom stereocenters. The number of benzene rings is 1. The third-order valence-corrected chi connectivity index (χ3v) is 3.56. The minimum absolute atomic E-state index is 0.159. The Bertz CT molecular complexity index is 910. The normalized spacial score (nSPS) is 10.6. The quantitative estimate of drug-likeness (QED) is 0.790. The van der Waals surface area contributed by atoms with Gasteiger partial charge < -0.3 is 5.32 Å². The van der Waals surface area contributed by atoms with E-state index >= 15 is 0 Å². The van der Waals surface area contributed by atoms with Crippen molar-refractivity contribution in [2.45, 2.75) is 13.5 Å². The first-order chi connectivity index (χ1) is 11.5. The summed E-state index contributed by atoms with van der Waals surface area (Å²) < 4.78 is 2.51. The Hall–Kier alpha value is -3.22. The van der Waals surface area contributed by atoms with Crippen molar-refractivity contribution in [1.29, 1.82) is 0 Å². The predicted octanol–water partition coefficient (Wildman–Crippen LogP) is 1.59. The van der Waals surface area contributed by atoms with Crippen LogP contribution < -0.4 is 11.0 Å². The minimum Gasteiger partial charge on any atom is -0.324 e. The SMILES string of the molecule is Cc1ccc(NC(=O)Cn2nc(-c3ccccn3)n(C)c2=O)cc1. The van der Waals surface area contributed by atoms with Gasteiger partial charge in [0.2, 0.25) is 5.91 Å². The number of hydrogen-bond donors (Lipinski definition) is 1. The molecule has 0 saturated carbocycles. The van der Waals surface area contributed by atoms with E-state index in [0.29, 0.717) is 17.2 Å². The molecule has 0 aliphatic carbocycles. The van der Waals surface area contributed by atoms with Crippen LogP contribution in [0.2, 0.25) is 0 Å². The van der Waals surface area contributed by atoms with Crippen LogP contribution in [0.15, 0.2) is 53.5 Å². The van der Waals surface area contributed by atoms with E-state index in [4.69, 9.17) is 0 Å². The molecule has 24 heavy (non-hydrogen) atoms. The first kappa shape index (κ1) is 15.7. The van der Waals surface area contributed by atoms with Gasteiger partial charge in [-0.1, -0.05) is 23.8 Å². The van der Waals surface area contributed by atoms with Gasteiger partial charge in [0.05, 0.1) is 0 Å². The van der Waals surface area contributed by atoms with Gasteiger partial charge in [0, 0.05) is 18.9 Å². The van der Waals surface area contributed by atoms with Crippen molar-refractivity contribution in [3.8, 4) is 11.5 Å². The molecule has 3 rings (SSSR count). The maximum absolute atomic E-state index is 12.3. The summed E-state index contributed by atoms with van der Waals surface area (Å²) in [4.78, 5) is 28.6. The Morgan fingerprint density at radius 1 is 1.17 bits per heavy atom. The van der Waals surface area contributed by atoms with Gasteiger partial charge in [-0.05, 0) is 31.2 Å². The topological polar surface area (TPSA) is 81.8 Å². The van der Waals surface area contributed by atoms with E-state index in [1.165, 1.54) is 4.57 Å². The summed E-state index contributed by atoms with van der Waals surface area (Å²) in [5, 5.41) is 6.97. The summed E-state index contributed by atoms with van der Waals surface area (Å²) in [7, 11) is 1.60. The second-order valence-corrected chi connectivity index (χ2v) is 5.45. The van der Waals surface area contributed by atoms with Crippen LogP contribution in [0.3, 0.4) is 0 Å². The molecule has 122 valence electrons. The van der Waals surface area contributed by atoms with Crippen LogP contribution in [0.5, 0.6) is 0 Å². The van der Waals surface area contributed by atoms with Gasteiger partial charge in [0.15, 0.2) is 5.82 Å². The highest BCUT2D eigenvalue weighted by Gasteiger charge is 2.15. The number of carbonyl (C=O) groups is 1. The molecule has 0 aliphatic rings. The Morgan fingerprint density at radius 3 is 2.58 bits per heavy atom. The van der Waals surface area contributed by atoms with Crippen molar-refractivity contribution in [2.75, 3.05) is 5.32 Å². The lowest BCUT2D eigenvalue weighted by atomic mass is 10.2. The number of amides is 1. The van der Waals surface area contributed by atoms with Crippen LogP contribution in [0.1, 0.15) is 5.56 Å². The number of hydrogen-bond acceptors (Lipinski definition) is 4. The smallest absolute Gasteiger partial charge is 0.324 e. The van der Waals surface area contributed by atoms with Gasteiger partial charge in [-0.3, -0.25) is 14.3 Å². The van der Waals surface area contributed by atoms with E-state index in [0.717, 1.165) is 10.2 Å². The highest BCUT2D eigenvalue weighted by molar-refractivity contribution is 5.90. The van der Waals surface area contributed by atoms with Gasteiger partial charge in [-0.25, -0.2) is 9.48 Å². The van der Waals surface area contributed by atoms with Crippen molar-refractivity contribution in [2.24, 2.45) is 7.05 Å². The third-order valence-electron chi connectivity index (χ3n) is 3.56. The Labute approximate surface area is 138 Å². The van der Waals surface area contributed by atoms with Gasteiger partial charge in [-0.2, -0.15) is 0 Å². The molecule has 1 amide bonds. The number of pyridine rings is 1. The molecule has 7 heteroatoms. The molecule has 0 bridgehead atoms. The second-order valence-electron chi connectivity index (χ2n) is 5.45. The summed E-state index contributed by atoms with van der Waals surface area (Å²) in [6.45, 7) is 1.81. The van der Waals surface area contributed by atoms with E-state index < -0.39 is 0 Å². The monoisotopic (exact) mass is 323 g/mol. The molecule has 0 radical (unpaired) electrons. The van der Waals surface area contributed by atoms with Gasteiger partial charge in [0.25, 0.3) is 0 Å². The summed E-state index contributed by atoms with van der Waals surface area (Å²) in [5.41, 5.74) is 2.00. The zero-order chi connectivity index (χ0) is 17.1. The average Bonchev–Trinajstić information content (AvgIpc) is 2.86. The van der Waals surface area contributed by atoms with Crippen molar-refractivity contribution >= 4 is 11.6 Å². The molecule has 1 aromatic carbocycles. The molecule has 7 nitrogen and oxygen atoms in total. The molecule has 2 heterocycles. The molecule has 2 aromatic heterocycles. The average molecular weight is 323 g/mol. The zero-order valence-corrected chi connectivity index (χ0v) is 13.4. The van der Waals surface area contributed by atoms with Crippen LogP contribution >= 0.6 is 0 Å².